The molecule has 7 heteroatoms. The molecular formula is C29H30ClNO4Se. The van der Waals surface area contributed by atoms with E-state index in [0.717, 1.165) is 45.0 Å². The van der Waals surface area contributed by atoms with E-state index < -0.39 is 0 Å². The molecule has 0 spiro atoms. The van der Waals surface area contributed by atoms with Crippen molar-refractivity contribution in [2.75, 3.05) is 26.2 Å². The molecule has 0 bridgehead atoms. The number of phenols is 2. The molecule has 0 saturated carbocycles. The van der Waals surface area contributed by atoms with E-state index in [1.54, 1.807) is 24.3 Å². The molecule has 0 atom stereocenters. The number of ether oxygens (including phenoxy) is 1. The van der Waals surface area contributed by atoms with E-state index in [9.17, 15) is 15.0 Å². The number of aromatic hydroxyl groups is 2. The summed E-state index contributed by atoms with van der Waals surface area (Å²) in [7, 11) is 0. The molecular weight excluding hydrogens is 541 g/mol. The molecule has 1 aliphatic rings. The zero-order valence-corrected chi connectivity index (χ0v) is 22.5. The normalized spacial score (nSPS) is 14.2. The van der Waals surface area contributed by atoms with Crippen molar-refractivity contribution in [1.82, 2.24) is 4.90 Å². The summed E-state index contributed by atoms with van der Waals surface area (Å²) in [4.78, 5) is 16.2. The van der Waals surface area contributed by atoms with Crippen LogP contribution in [0.25, 0.3) is 19.6 Å². The molecule has 0 radical (unpaired) electrons. The fourth-order valence-electron chi connectivity index (χ4n) is 4.63. The van der Waals surface area contributed by atoms with Crippen LogP contribution in [0.2, 0.25) is 0 Å². The van der Waals surface area contributed by atoms with Crippen LogP contribution in [0.15, 0.2) is 66.7 Å². The van der Waals surface area contributed by atoms with E-state index in [1.807, 2.05) is 42.5 Å². The Labute approximate surface area is 223 Å². The summed E-state index contributed by atoms with van der Waals surface area (Å²) >= 11 is -0.133. The number of halogens is 1. The number of phenolic OH excluding ortho intramolecular Hbond substituents is 2. The average Bonchev–Trinajstić information content (AvgIpc) is 3.04. The van der Waals surface area contributed by atoms with Crippen molar-refractivity contribution in [2.45, 2.75) is 25.7 Å². The van der Waals surface area contributed by atoms with Gasteiger partial charge < -0.3 is 0 Å². The van der Waals surface area contributed by atoms with E-state index in [0.29, 0.717) is 17.7 Å². The van der Waals surface area contributed by atoms with E-state index >= 15 is 0 Å². The summed E-state index contributed by atoms with van der Waals surface area (Å²) in [6.07, 6.45) is 5.18. The summed E-state index contributed by atoms with van der Waals surface area (Å²) in [6, 6.07) is 19.6. The fraction of sp³-hybridized carbons (Fsp3) is 0.276. The Balaban J connectivity index is 0.00000304. The molecule has 188 valence electrons. The van der Waals surface area contributed by atoms with Gasteiger partial charge in [-0.3, -0.25) is 0 Å². The number of benzene rings is 3. The third-order valence-corrected chi connectivity index (χ3v) is 9.04. The van der Waals surface area contributed by atoms with Gasteiger partial charge in [-0.15, -0.1) is 12.4 Å². The van der Waals surface area contributed by atoms with Crippen molar-refractivity contribution in [3.63, 3.8) is 0 Å². The standard InChI is InChI=1S/C29H29NO4Se.ClH/c31-22-9-5-21(6-10-22)29-27(25-14-11-23(32)19-26(25)35-29)28(33)20-7-12-24(13-8-20)34-18-17-30-15-3-1-2-4-16-30;/h5-14,19,31-32H,1-4,15-18H2;1H. The Kier molecular flexibility index (Phi) is 8.76. The van der Waals surface area contributed by atoms with Crippen molar-refractivity contribution >= 4 is 42.3 Å². The third kappa shape index (κ3) is 5.96. The van der Waals surface area contributed by atoms with Crippen molar-refractivity contribution < 1.29 is 19.7 Å². The first-order valence-corrected chi connectivity index (χ1v) is 13.8. The van der Waals surface area contributed by atoms with Gasteiger partial charge in [0.25, 0.3) is 0 Å². The van der Waals surface area contributed by atoms with Gasteiger partial charge in [-0.05, 0) is 12.8 Å². The van der Waals surface area contributed by atoms with Gasteiger partial charge in [-0.25, -0.2) is 0 Å². The molecule has 4 aromatic rings. The number of hydrogen-bond donors (Lipinski definition) is 2. The molecule has 0 unspecified atom stereocenters. The van der Waals surface area contributed by atoms with Gasteiger partial charge in [0.2, 0.25) is 0 Å². The van der Waals surface area contributed by atoms with E-state index in [-0.39, 0.29) is 44.2 Å². The van der Waals surface area contributed by atoms with Gasteiger partial charge in [0, 0.05) is 0 Å². The minimum absolute atomic E-state index is 0. The van der Waals surface area contributed by atoms with Gasteiger partial charge in [-0.2, -0.15) is 0 Å². The Morgan fingerprint density at radius 3 is 2.22 bits per heavy atom. The second-order valence-corrected chi connectivity index (χ2v) is 11.2. The zero-order valence-electron chi connectivity index (χ0n) is 20.0. The maximum atomic E-state index is 13.7. The van der Waals surface area contributed by atoms with Crippen LogP contribution in [0, 0.1) is 0 Å². The van der Waals surface area contributed by atoms with Gasteiger partial charge in [0.15, 0.2) is 0 Å². The predicted octanol–water partition coefficient (Wildman–Crippen LogP) is 5.88. The number of carbonyl (C=O) groups excluding carboxylic acids is 1. The topological polar surface area (TPSA) is 70.0 Å². The second-order valence-electron chi connectivity index (χ2n) is 8.99. The van der Waals surface area contributed by atoms with E-state index in [1.165, 1.54) is 25.7 Å². The van der Waals surface area contributed by atoms with Gasteiger partial charge >= 0.3 is 186 Å². The molecule has 1 aliphatic heterocycles. The molecule has 2 N–H and O–H groups in total. The molecule has 1 fully saturated rings. The average molecular weight is 571 g/mol. The summed E-state index contributed by atoms with van der Waals surface area (Å²) in [5, 5.41) is 20.6. The first-order valence-electron chi connectivity index (χ1n) is 12.1. The quantitative estimate of drug-likeness (QED) is 0.214. The van der Waals surface area contributed by atoms with Gasteiger partial charge in [0.1, 0.15) is 0 Å². The Bertz CT molecular complexity index is 1310. The molecule has 0 amide bonds. The SMILES string of the molecule is Cl.O=C(c1ccc(OCCN2CCCCCC2)cc1)c1c(-c2ccc(O)cc2)[se]c2cc(O)ccc12. The van der Waals surface area contributed by atoms with Crippen LogP contribution in [0.5, 0.6) is 17.2 Å². The molecule has 1 saturated heterocycles. The molecule has 0 aliphatic carbocycles. The first kappa shape index (κ1) is 26.3. The molecule has 5 rings (SSSR count). The Hall–Kier alpha value is -2.76. The Morgan fingerprint density at radius 2 is 1.53 bits per heavy atom. The monoisotopic (exact) mass is 571 g/mol. The summed E-state index contributed by atoms with van der Waals surface area (Å²) < 4.78 is 7.91. The summed E-state index contributed by atoms with van der Waals surface area (Å²) in [5.41, 5.74) is 2.18. The Morgan fingerprint density at radius 1 is 0.861 bits per heavy atom. The van der Waals surface area contributed by atoms with Crippen molar-refractivity contribution in [3.05, 3.63) is 77.9 Å². The van der Waals surface area contributed by atoms with E-state index in [2.05, 4.69) is 4.90 Å². The molecule has 1 aromatic heterocycles. The van der Waals surface area contributed by atoms with Crippen LogP contribution in [-0.2, 0) is 0 Å². The van der Waals surface area contributed by atoms with Crippen LogP contribution in [0.3, 0.4) is 0 Å². The molecule has 36 heavy (non-hydrogen) atoms. The van der Waals surface area contributed by atoms with Crippen molar-refractivity contribution in [2.24, 2.45) is 0 Å². The molecule has 5 nitrogen and oxygen atoms in total. The number of ketones is 1. The summed E-state index contributed by atoms with van der Waals surface area (Å²) in [6.45, 7) is 3.87. The number of rotatable bonds is 7. The fourth-order valence-corrected chi connectivity index (χ4v) is 7.22. The third-order valence-electron chi connectivity index (χ3n) is 6.52. The first-order chi connectivity index (χ1) is 17.1. The van der Waals surface area contributed by atoms with Crippen molar-refractivity contribution in [1.29, 1.82) is 0 Å². The van der Waals surface area contributed by atoms with Crippen LogP contribution >= 0.6 is 12.4 Å². The van der Waals surface area contributed by atoms with Crippen LogP contribution in [0.1, 0.15) is 41.6 Å². The second kappa shape index (κ2) is 12.0. The number of nitrogens with zero attached hydrogens (tertiary/aromatic N) is 1. The number of fused-ring (bicyclic) bond motifs is 1. The van der Waals surface area contributed by atoms with Crippen LogP contribution in [-0.4, -0.2) is 61.6 Å². The number of hydrogen-bond acceptors (Lipinski definition) is 5. The van der Waals surface area contributed by atoms with Crippen LogP contribution in [0.4, 0.5) is 0 Å². The minimum atomic E-state index is -0.133. The molecule has 2 heterocycles. The van der Waals surface area contributed by atoms with Gasteiger partial charge in [-0.1, -0.05) is 12.8 Å². The zero-order chi connectivity index (χ0) is 24.2. The number of likely N-dealkylation sites (tertiary alicyclic amines) is 1. The molecule has 3 aromatic carbocycles. The van der Waals surface area contributed by atoms with Crippen molar-refractivity contribution in [3.8, 4) is 27.2 Å². The van der Waals surface area contributed by atoms with E-state index in [4.69, 9.17) is 4.74 Å². The maximum absolute atomic E-state index is 13.7. The summed E-state index contributed by atoms with van der Waals surface area (Å²) in [5.74, 6) is 1.11. The predicted molar refractivity (Wildman–Crippen MR) is 147 cm³/mol. The number of carbonyl (C=O) groups is 1. The van der Waals surface area contributed by atoms with Gasteiger partial charge in [0.05, 0.1) is 0 Å². The van der Waals surface area contributed by atoms with Crippen LogP contribution < -0.4 is 4.74 Å².